The van der Waals surface area contributed by atoms with Gasteiger partial charge in [-0.1, -0.05) is 41.5 Å². The van der Waals surface area contributed by atoms with Gasteiger partial charge in [-0.2, -0.15) is 0 Å². The summed E-state index contributed by atoms with van der Waals surface area (Å²) in [5.41, 5.74) is 7.60. The van der Waals surface area contributed by atoms with Crippen LogP contribution in [0.3, 0.4) is 0 Å². The summed E-state index contributed by atoms with van der Waals surface area (Å²) in [5.74, 6) is 0. The van der Waals surface area contributed by atoms with E-state index in [-0.39, 0.29) is 6.61 Å². The Labute approximate surface area is 122 Å². The Hall–Kier alpha value is -0.650. The minimum Gasteiger partial charge on any atom is -0.395 e. The van der Waals surface area contributed by atoms with E-state index in [1.165, 1.54) is 0 Å². The van der Waals surface area contributed by atoms with E-state index in [1.54, 1.807) is 0 Å². The number of aliphatic hydroxyl groups excluding tert-OH is 1. The van der Waals surface area contributed by atoms with Gasteiger partial charge in [-0.05, 0) is 24.6 Å². The minimum atomic E-state index is 0.118. The summed E-state index contributed by atoms with van der Waals surface area (Å²) in [5, 5.41) is 9.18. The molecule has 0 saturated carbocycles. The molecule has 0 aliphatic carbocycles. The first-order chi connectivity index (χ1) is 8.60. The molecule has 0 atom stereocenters. The minimum absolute atomic E-state index is 0.118. The van der Waals surface area contributed by atoms with Gasteiger partial charge in [0.2, 0.25) is 0 Å². The number of hydrogen-bond acceptors (Lipinski definition) is 3. The van der Waals surface area contributed by atoms with Crippen LogP contribution in [0.4, 0.5) is 5.69 Å². The highest BCUT2D eigenvalue weighted by Gasteiger charge is 2.12. The van der Waals surface area contributed by atoms with Crippen LogP contribution < -0.4 is 10.6 Å². The average molecular weight is 331 g/mol. The third kappa shape index (κ3) is 4.23. The van der Waals surface area contributed by atoms with Crippen molar-refractivity contribution in [2.24, 2.45) is 5.73 Å². The normalized spacial score (nSPS) is 10.4. The summed E-state index contributed by atoms with van der Waals surface area (Å²) in [4.78, 5) is 2.51. The van der Waals surface area contributed by atoms with Crippen LogP contribution in [0.25, 0.3) is 0 Å². The molecule has 3 nitrogen and oxygen atoms in total. The standard InChI is InChI=1S/C13H19BrN2OS/c1-2-3-6-16(7-8-17)12-9-10(14)4-5-11(12)13(15)18/h4-5,9,17H,2-3,6-8H2,1H3,(H2,15,18). The van der Waals surface area contributed by atoms with Crippen molar-refractivity contribution in [2.45, 2.75) is 19.8 Å². The SMILES string of the molecule is CCCCN(CCO)c1cc(Br)ccc1C(N)=S. The molecule has 0 spiro atoms. The number of unbranched alkanes of at least 4 members (excludes halogenated alkanes) is 1. The highest BCUT2D eigenvalue weighted by atomic mass is 79.9. The van der Waals surface area contributed by atoms with Crippen molar-refractivity contribution in [3.05, 3.63) is 28.2 Å². The maximum atomic E-state index is 9.18. The summed E-state index contributed by atoms with van der Waals surface area (Å²) in [7, 11) is 0. The number of hydrogen-bond donors (Lipinski definition) is 2. The summed E-state index contributed by atoms with van der Waals surface area (Å²) in [6.45, 7) is 3.74. The molecule has 100 valence electrons. The highest BCUT2D eigenvalue weighted by Crippen LogP contribution is 2.25. The first-order valence-corrected chi connectivity index (χ1v) is 7.25. The Morgan fingerprint density at radius 2 is 2.17 bits per heavy atom. The molecule has 0 saturated heterocycles. The van der Waals surface area contributed by atoms with Gasteiger partial charge in [-0.25, -0.2) is 0 Å². The van der Waals surface area contributed by atoms with Crippen molar-refractivity contribution in [1.29, 1.82) is 0 Å². The Morgan fingerprint density at radius 3 is 2.72 bits per heavy atom. The summed E-state index contributed by atoms with van der Waals surface area (Å²) < 4.78 is 0.983. The van der Waals surface area contributed by atoms with Gasteiger partial charge in [0.1, 0.15) is 4.99 Å². The van der Waals surface area contributed by atoms with Crippen LogP contribution in [0.15, 0.2) is 22.7 Å². The number of nitrogens with zero attached hydrogens (tertiary/aromatic N) is 1. The lowest BCUT2D eigenvalue weighted by Crippen LogP contribution is -2.30. The number of benzene rings is 1. The monoisotopic (exact) mass is 330 g/mol. The van der Waals surface area contributed by atoms with Crippen molar-refractivity contribution in [3.8, 4) is 0 Å². The molecule has 3 N–H and O–H groups in total. The van der Waals surface area contributed by atoms with E-state index in [0.717, 1.165) is 35.1 Å². The number of nitrogens with two attached hydrogens (primary N) is 1. The Bertz CT molecular complexity index is 412. The van der Waals surface area contributed by atoms with Crippen LogP contribution in [0.5, 0.6) is 0 Å². The predicted octanol–water partition coefficient (Wildman–Crippen LogP) is 2.68. The number of anilines is 1. The van der Waals surface area contributed by atoms with Gasteiger partial charge in [0.05, 0.1) is 6.61 Å². The third-order valence-corrected chi connectivity index (χ3v) is 3.43. The molecule has 1 aromatic carbocycles. The summed E-state index contributed by atoms with van der Waals surface area (Å²) in [6, 6.07) is 5.84. The Balaban J connectivity index is 3.07. The molecule has 0 amide bonds. The molecule has 0 unspecified atom stereocenters. The fraction of sp³-hybridized carbons (Fsp3) is 0.462. The molecule has 0 aromatic heterocycles. The average Bonchev–Trinajstić information content (AvgIpc) is 2.34. The molecule has 5 heteroatoms. The largest absolute Gasteiger partial charge is 0.395 e. The molecule has 1 rings (SSSR count). The van der Waals surface area contributed by atoms with Crippen LogP contribution in [0, 0.1) is 0 Å². The molecule has 0 aliphatic rings. The van der Waals surface area contributed by atoms with Crippen molar-refractivity contribution in [1.82, 2.24) is 0 Å². The van der Waals surface area contributed by atoms with Crippen LogP contribution in [-0.4, -0.2) is 29.8 Å². The zero-order valence-electron chi connectivity index (χ0n) is 10.5. The maximum Gasteiger partial charge on any atom is 0.106 e. The van der Waals surface area contributed by atoms with Crippen LogP contribution in [-0.2, 0) is 0 Å². The number of aliphatic hydroxyl groups is 1. The number of halogens is 1. The lowest BCUT2D eigenvalue weighted by molar-refractivity contribution is 0.301. The molecule has 0 bridgehead atoms. The molecular formula is C13H19BrN2OS. The fourth-order valence-corrected chi connectivity index (χ4v) is 2.32. The van der Waals surface area contributed by atoms with Crippen molar-refractivity contribution >= 4 is 38.8 Å². The van der Waals surface area contributed by atoms with E-state index in [4.69, 9.17) is 18.0 Å². The highest BCUT2D eigenvalue weighted by molar-refractivity contribution is 9.10. The third-order valence-electron chi connectivity index (χ3n) is 2.72. The Morgan fingerprint density at radius 1 is 1.44 bits per heavy atom. The summed E-state index contributed by atoms with van der Waals surface area (Å²) in [6.07, 6.45) is 2.18. The second kappa shape index (κ2) is 7.71. The second-order valence-electron chi connectivity index (χ2n) is 4.09. The van der Waals surface area contributed by atoms with E-state index in [9.17, 15) is 5.11 Å². The van der Waals surface area contributed by atoms with Gasteiger partial charge in [0.15, 0.2) is 0 Å². The fourth-order valence-electron chi connectivity index (χ4n) is 1.80. The molecule has 0 radical (unpaired) electrons. The van der Waals surface area contributed by atoms with Gasteiger partial charge in [-0.3, -0.25) is 0 Å². The van der Waals surface area contributed by atoms with Gasteiger partial charge in [-0.15, -0.1) is 0 Å². The topological polar surface area (TPSA) is 49.5 Å². The molecule has 0 fully saturated rings. The molecular weight excluding hydrogens is 312 g/mol. The van der Waals surface area contributed by atoms with E-state index in [2.05, 4.69) is 27.8 Å². The summed E-state index contributed by atoms with van der Waals surface area (Å²) >= 11 is 8.54. The van der Waals surface area contributed by atoms with E-state index >= 15 is 0 Å². The zero-order chi connectivity index (χ0) is 13.5. The lowest BCUT2D eigenvalue weighted by atomic mass is 10.1. The van der Waals surface area contributed by atoms with Gasteiger partial charge < -0.3 is 15.7 Å². The maximum absolute atomic E-state index is 9.18. The lowest BCUT2D eigenvalue weighted by Gasteiger charge is -2.26. The molecule has 1 aromatic rings. The van der Waals surface area contributed by atoms with Crippen molar-refractivity contribution in [2.75, 3.05) is 24.6 Å². The van der Waals surface area contributed by atoms with Gasteiger partial charge in [0, 0.05) is 28.8 Å². The molecule has 0 heterocycles. The van der Waals surface area contributed by atoms with Crippen molar-refractivity contribution in [3.63, 3.8) is 0 Å². The Kier molecular flexibility index (Phi) is 6.60. The van der Waals surface area contributed by atoms with Gasteiger partial charge in [0.25, 0.3) is 0 Å². The zero-order valence-corrected chi connectivity index (χ0v) is 12.9. The quantitative estimate of drug-likeness (QED) is 0.754. The van der Waals surface area contributed by atoms with Crippen LogP contribution in [0.1, 0.15) is 25.3 Å². The number of thiocarbonyl (C=S) groups is 1. The van der Waals surface area contributed by atoms with Crippen molar-refractivity contribution < 1.29 is 5.11 Å². The molecule has 0 aliphatic heterocycles. The first-order valence-electron chi connectivity index (χ1n) is 6.05. The smallest absolute Gasteiger partial charge is 0.106 e. The number of rotatable bonds is 7. The predicted molar refractivity (Wildman–Crippen MR) is 84.2 cm³/mol. The second-order valence-corrected chi connectivity index (χ2v) is 5.45. The van der Waals surface area contributed by atoms with Crippen LogP contribution in [0.2, 0.25) is 0 Å². The van der Waals surface area contributed by atoms with Crippen LogP contribution >= 0.6 is 28.1 Å². The van der Waals surface area contributed by atoms with E-state index in [0.29, 0.717) is 11.5 Å². The van der Waals surface area contributed by atoms with E-state index < -0.39 is 0 Å². The van der Waals surface area contributed by atoms with Gasteiger partial charge >= 0.3 is 0 Å². The first kappa shape index (κ1) is 15.4. The van der Waals surface area contributed by atoms with E-state index in [1.807, 2.05) is 18.2 Å². The molecule has 18 heavy (non-hydrogen) atoms.